The number of hydrogen-bond donors (Lipinski definition) is 0. The van der Waals surface area contributed by atoms with Gasteiger partial charge in [-0.1, -0.05) is 97.5 Å². The molecule has 0 saturated heterocycles. The largest absolute Gasteiger partial charge is 0.0926 e. The molecule has 0 aromatic heterocycles. The second kappa shape index (κ2) is 6.84. The second-order valence-electron chi connectivity index (χ2n) is 10.2. The average molecular weight is 401 g/mol. The normalized spacial score (nSPS) is 27.1. The second-order valence-corrected chi connectivity index (χ2v) is 14.8. The van der Waals surface area contributed by atoms with Crippen molar-refractivity contribution in [1.82, 2.24) is 0 Å². The summed E-state index contributed by atoms with van der Waals surface area (Å²) >= 11 is 0. The van der Waals surface area contributed by atoms with Crippen molar-refractivity contribution in [3.63, 3.8) is 0 Å². The van der Waals surface area contributed by atoms with Crippen molar-refractivity contribution in [3.8, 4) is 0 Å². The van der Waals surface area contributed by atoms with Gasteiger partial charge in [-0.15, -0.1) is 0 Å². The van der Waals surface area contributed by atoms with Crippen LogP contribution in [-0.2, 0) is 0 Å². The lowest BCUT2D eigenvalue weighted by molar-refractivity contribution is 0.384. The lowest BCUT2D eigenvalue weighted by Crippen LogP contribution is -2.38. The van der Waals surface area contributed by atoms with E-state index in [2.05, 4.69) is 103 Å². The molecule has 1 atom stereocenters. The predicted octanol–water partition coefficient (Wildman–Crippen LogP) is 8.18. The van der Waals surface area contributed by atoms with E-state index >= 15 is 0 Å². The summed E-state index contributed by atoms with van der Waals surface area (Å²) in [4.78, 5) is 0. The third-order valence-corrected chi connectivity index (χ3v) is 12.4. The molecule has 0 aromatic rings. The summed E-state index contributed by atoms with van der Waals surface area (Å²) in [5.74, 6) is 0.539. The smallest absolute Gasteiger partial charge is 0.0804 e. The lowest BCUT2D eigenvalue weighted by Gasteiger charge is -2.43. The quantitative estimate of drug-likeness (QED) is 0.417. The maximum atomic E-state index is 2.59. The van der Waals surface area contributed by atoms with Crippen LogP contribution >= 0.6 is 0 Å². The van der Waals surface area contributed by atoms with Crippen LogP contribution in [0.3, 0.4) is 0 Å². The molecule has 1 unspecified atom stereocenters. The van der Waals surface area contributed by atoms with E-state index in [4.69, 9.17) is 0 Å². The molecular formula is C28H36Si. The minimum atomic E-state index is -1.74. The third-order valence-electron chi connectivity index (χ3n) is 8.31. The number of hydrogen-bond acceptors (Lipinski definition) is 0. The molecule has 0 bridgehead atoms. The van der Waals surface area contributed by atoms with Gasteiger partial charge in [-0.25, -0.2) is 0 Å². The first-order valence-electron chi connectivity index (χ1n) is 11.2. The summed E-state index contributed by atoms with van der Waals surface area (Å²) in [7, 11) is -1.74. The SMILES string of the molecule is CC1=C(C)C([Si](C)(C)C2=CC=C3C2=CC=CC3(C2=CC=CC2)C(C)C)C(C)=C1C. The highest BCUT2D eigenvalue weighted by atomic mass is 28.3. The number of allylic oxidation sites excluding steroid dienone is 16. The molecule has 4 rings (SSSR count). The average Bonchev–Trinajstić information content (AvgIpc) is 3.39. The van der Waals surface area contributed by atoms with Crippen LogP contribution in [0.25, 0.3) is 0 Å². The summed E-state index contributed by atoms with van der Waals surface area (Å²) in [6.07, 6.45) is 20.1. The van der Waals surface area contributed by atoms with Gasteiger partial charge < -0.3 is 0 Å². The Morgan fingerprint density at radius 3 is 2.10 bits per heavy atom. The molecule has 0 aromatic carbocycles. The Kier molecular flexibility index (Phi) is 4.81. The first kappa shape index (κ1) is 20.4. The van der Waals surface area contributed by atoms with Crippen molar-refractivity contribution in [2.75, 3.05) is 0 Å². The molecule has 0 heterocycles. The zero-order valence-electron chi connectivity index (χ0n) is 19.5. The first-order chi connectivity index (χ1) is 13.6. The summed E-state index contributed by atoms with van der Waals surface area (Å²) in [5.41, 5.74) is 11.5. The number of fused-ring (bicyclic) bond motifs is 1. The van der Waals surface area contributed by atoms with E-state index < -0.39 is 8.07 Å². The Bertz CT molecular complexity index is 987. The van der Waals surface area contributed by atoms with E-state index in [9.17, 15) is 0 Å². The van der Waals surface area contributed by atoms with Crippen LogP contribution in [0.2, 0.25) is 18.6 Å². The fourth-order valence-electron chi connectivity index (χ4n) is 6.47. The Morgan fingerprint density at radius 2 is 1.55 bits per heavy atom. The molecule has 4 aliphatic rings. The zero-order valence-corrected chi connectivity index (χ0v) is 20.5. The highest BCUT2D eigenvalue weighted by molar-refractivity contribution is 6.88. The fraction of sp³-hybridized carbons (Fsp3) is 0.429. The molecule has 29 heavy (non-hydrogen) atoms. The van der Waals surface area contributed by atoms with Crippen LogP contribution in [0.1, 0.15) is 48.0 Å². The van der Waals surface area contributed by atoms with E-state index in [0.29, 0.717) is 11.5 Å². The van der Waals surface area contributed by atoms with Crippen LogP contribution in [0, 0.1) is 11.3 Å². The molecule has 152 valence electrons. The molecule has 0 N–H and O–H groups in total. The van der Waals surface area contributed by atoms with Crippen molar-refractivity contribution >= 4 is 8.07 Å². The van der Waals surface area contributed by atoms with Gasteiger partial charge in [0.15, 0.2) is 0 Å². The Balaban J connectivity index is 1.76. The third kappa shape index (κ3) is 2.70. The summed E-state index contributed by atoms with van der Waals surface area (Å²) in [6.45, 7) is 19.3. The van der Waals surface area contributed by atoms with Crippen LogP contribution < -0.4 is 0 Å². The van der Waals surface area contributed by atoms with Crippen molar-refractivity contribution in [1.29, 1.82) is 0 Å². The highest BCUT2D eigenvalue weighted by Gasteiger charge is 2.48. The molecule has 0 saturated carbocycles. The summed E-state index contributed by atoms with van der Waals surface area (Å²) < 4.78 is 0. The van der Waals surface area contributed by atoms with E-state index in [0.717, 1.165) is 6.42 Å². The van der Waals surface area contributed by atoms with E-state index in [-0.39, 0.29) is 5.41 Å². The van der Waals surface area contributed by atoms with Crippen LogP contribution in [0.15, 0.2) is 92.8 Å². The summed E-state index contributed by atoms with van der Waals surface area (Å²) in [5, 5.41) is 1.64. The van der Waals surface area contributed by atoms with Crippen LogP contribution in [0.4, 0.5) is 0 Å². The van der Waals surface area contributed by atoms with Gasteiger partial charge in [-0.3, -0.25) is 0 Å². The molecule has 0 nitrogen and oxygen atoms in total. The van der Waals surface area contributed by atoms with Gasteiger partial charge in [0, 0.05) is 11.0 Å². The molecule has 0 amide bonds. The topological polar surface area (TPSA) is 0 Å². The molecule has 0 fully saturated rings. The van der Waals surface area contributed by atoms with E-state index in [1.54, 1.807) is 21.9 Å². The van der Waals surface area contributed by atoms with Gasteiger partial charge in [-0.2, -0.15) is 0 Å². The molecule has 1 heteroatoms. The maximum absolute atomic E-state index is 2.59. The molecule has 0 radical (unpaired) electrons. The lowest BCUT2D eigenvalue weighted by atomic mass is 9.62. The molecule has 0 spiro atoms. The van der Waals surface area contributed by atoms with E-state index in [1.165, 1.54) is 22.3 Å². The Hall–Kier alpha value is -1.86. The van der Waals surface area contributed by atoms with Crippen molar-refractivity contribution < 1.29 is 0 Å². The molecule has 0 aliphatic heterocycles. The van der Waals surface area contributed by atoms with Gasteiger partial charge in [0.05, 0.1) is 8.07 Å². The minimum absolute atomic E-state index is 0.0353. The predicted molar refractivity (Wildman–Crippen MR) is 130 cm³/mol. The van der Waals surface area contributed by atoms with E-state index in [1.807, 2.05) is 0 Å². The molecular weight excluding hydrogens is 364 g/mol. The molecule has 4 aliphatic carbocycles. The van der Waals surface area contributed by atoms with Gasteiger partial charge in [0.1, 0.15) is 0 Å². The van der Waals surface area contributed by atoms with Gasteiger partial charge >= 0.3 is 0 Å². The van der Waals surface area contributed by atoms with Crippen LogP contribution in [0.5, 0.6) is 0 Å². The Labute approximate surface area is 178 Å². The standard InChI is InChI=1S/C28H36Si/c1-18(2)28(23-12-9-10-13-23)17-11-14-24-25(28)15-16-26(24)29(7,8)27-21(5)19(3)20(4)22(27)6/h9-12,14-18,27H,13H2,1-8H3. The maximum Gasteiger partial charge on any atom is 0.0926 e. The monoisotopic (exact) mass is 400 g/mol. The number of rotatable bonds is 4. The van der Waals surface area contributed by atoms with Crippen molar-refractivity contribution in [3.05, 3.63) is 92.8 Å². The van der Waals surface area contributed by atoms with Crippen LogP contribution in [-0.4, -0.2) is 8.07 Å². The minimum Gasteiger partial charge on any atom is -0.0804 e. The Morgan fingerprint density at radius 1 is 0.897 bits per heavy atom. The van der Waals surface area contributed by atoms with Crippen molar-refractivity contribution in [2.45, 2.75) is 66.6 Å². The fourth-order valence-corrected chi connectivity index (χ4v) is 10.8. The van der Waals surface area contributed by atoms with Crippen molar-refractivity contribution in [2.24, 2.45) is 11.3 Å². The zero-order chi connectivity index (χ0) is 21.1. The highest BCUT2D eigenvalue weighted by Crippen LogP contribution is 2.57. The first-order valence-corrected chi connectivity index (χ1v) is 14.3. The van der Waals surface area contributed by atoms with Gasteiger partial charge in [-0.05, 0) is 62.3 Å². The summed E-state index contributed by atoms with van der Waals surface area (Å²) in [6, 6.07) is 0. The van der Waals surface area contributed by atoms with Gasteiger partial charge in [0.25, 0.3) is 0 Å². The van der Waals surface area contributed by atoms with Gasteiger partial charge in [0.2, 0.25) is 0 Å².